The van der Waals surface area contributed by atoms with E-state index in [1.807, 2.05) is 24.4 Å². The first-order chi connectivity index (χ1) is 9.81. The normalized spacial score (nSPS) is 10.9. The molecule has 0 aliphatic heterocycles. The van der Waals surface area contributed by atoms with E-state index < -0.39 is 0 Å². The van der Waals surface area contributed by atoms with Crippen LogP contribution in [0.25, 0.3) is 21.9 Å². The molecule has 0 aliphatic rings. The Bertz CT molecular complexity index is 855. The molecule has 0 radical (unpaired) electrons. The fraction of sp³-hybridized carbons (Fsp3) is 0.200. The van der Waals surface area contributed by atoms with Gasteiger partial charge in [0.2, 0.25) is 0 Å². The van der Waals surface area contributed by atoms with E-state index in [0.29, 0.717) is 0 Å². The summed E-state index contributed by atoms with van der Waals surface area (Å²) in [6.07, 6.45) is 7.12. The predicted molar refractivity (Wildman–Crippen MR) is 88.6 cm³/mol. The number of para-hydroxylation sites is 1. The highest BCUT2D eigenvalue weighted by Crippen LogP contribution is 2.23. The Morgan fingerprint density at radius 2 is 2.25 bits per heavy atom. The molecule has 3 nitrogen and oxygen atoms in total. The molecule has 3 aromatic rings. The number of rotatable bonds is 4. The van der Waals surface area contributed by atoms with Gasteiger partial charge in [0, 0.05) is 17.7 Å². The lowest BCUT2D eigenvalue weighted by molar-refractivity contribution is 0.785. The van der Waals surface area contributed by atoms with Crippen LogP contribution in [0.1, 0.15) is 0 Å². The monoisotopic (exact) mass is 299 g/mol. The van der Waals surface area contributed by atoms with E-state index in [0.717, 1.165) is 44.8 Å². The number of hydrogen-bond acceptors (Lipinski definition) is 3. The van der Waals surface area contributed by atoms with Crippen LogP contribution in [0.3, 0.4) is 0 Å². The summed E-state index contributed by atoms with van der Waals surface area (Å²) < 4.78 is 2.87. The number of aromatic amines is 1. The van der Waals surface area contributed by atoms with Gasteiger partial charge < -0.3 is 9.55 Å². The highest BCUT2D eigenvalue weighted by molar-refractivity contribution is 7.99. The molecule has 0 bridgehead atoms. The molecule has 5 heteroatoms. The number of thioether (sulfide) groups is 1. The van der Waals surface area contributed by atoms with E-state index in [9.17, 15) is 0 Å². The van der Waals surface area contributed by atoms with Crippen molar-refractivity contribution in [3.63, 3.8) is 0 Å². The van der Waals surface area contributed by atoms with Crippen LogP contribution in [0.15, 0.2) is 30.5 Å². The molecule has 3 rings (SSSR count). The second-order valence-corrected chi connectivity index (χ2v) is 5.87. The van der Waals surface area contributed by atoms with Crippen LogP contribution in [0, 0.1) is 17.1 Å². The van der Waals surface area contributed by atoms with Crippen molar-refractivity contribution in [2.24, 2.45) is 0 Å². The number of nitrogens with zero attached hydrogens (tertiary/aromatic N) is 2. The number of nitrogens with one attached hydrogen (secondary N) is 1. The molecule has 0 spiro atoms. The highest BCUT2D eigenvalue weighted by atomic mass is 32.2. The number of aryl methyl sites for hydroxylation is 1. The van der Waals surface area contributed by atoms with Gasteiger partial charge in [0.1, 0.15) is 0 Å². The smallest absolute Gasteiger partial charge is 0.178 e. The number of terminal acetylenes is 1. The Balaban J connectivity index is 2.11. The minimum Gasteiger partial charge on any atom is -0.329 e. The van der Waals surface area contributed by atoms with Gasteiger partial charge >= 0.3 is 0 Å². The molecule has 0 saturated carbocycles. The first kappa shape index (κ1) is 13.2. The number of hydrogen-bond donors (Lipinski definition) is 1. The van der Waals surface area contributed by atoms with E-state index in [2.05, 4.69) is 26.5 Å². The molecule has 2 aromatic heterocycles. The van der Waals surface area contributed by atoms with E-state index in [4.69, 9.17) is 18.6 Å². The third kappa shape index (κ3) is 2.33. The van der Waals surface area contributed by atoms with Crippen LogP contribution < -0.4 is 0 Å². The van der Waals surface area contributed by atoms with Crippen molar-refractivity contribution in [2.75, 3.05) is 11.5 Å². The minimum absolute atomic E-state index is 0.734. The van der Waals surface area contributed by atoms with Gasteiger partial charge in [0.05, 0.1) is 28.5 Å². The van der Waals surface area contributed by atoms with E-state index >= 15 is 0 Å². The maximum atomic E-state index is 5.42. The largest absolute Gasteiger partial charge is 0.329 e. The molecule has 2 heterocycles. The molecule has 0 fully saturated rings. The second-order valence-electron chi connectivity index (χ2n) is 4.38. The van der Waals surface area contributed by atoms with Gasteiger partial charge in [-0.1, -0.05) is 24.1 Å². The molecule has 0 saturated heterocycles. The average Bonchev–Trinajstić information content (AvgIpc) is 2.80. The molecule has 0 aliphatic carbocycles. The maximum absolute atomic E-state index is 5.42. The zero-order valence-electron chi connectivity index (χ0n) is 10.8. The number of benzene rings is 1. The number of pyridine rings is 1. The highest BCUT2D eigenvalue weighted by Gasteiger charge is 2.08. The van der Waals surface area contributed by atoms with Crippen molar-refractivity contribution in [1.29, 1.82) is 0 Å². The molecule has 100 valence electrons. The molecule has 0 unspecified atom stereocenters. The summed E-state index contributed by atoms with van der Waals surface area (Å²) in [5, 5.41) is 1.12. The summed E-state index contributed by atoms with van der Waals surface area (Å²) in [6.45, 7) is 0.846. The van der Waals surface area contributed by atoms with Crippen molar-refractivity contribution in [3.05, 3.63) is 35.2 Å². The van der Waals surface area contributed by atoms with Crippen molar-refractivity contribution in [1.82, 2.24) is 14.5 Å². The molecular weight excluding hydrogens is 286 g/mol. The average molecular weight is 299 g/mol. The van der Waals surface area contributed by atoms with Crippen LogP contribution >= 0.6 is 24.0 Å². The van der Waals surface area contributed by atoms with Crippen molar-refractivity contribution < 1.29 is 0 Å². The van der Waals surface area contributed by atoms with Crippen molar-refractivity contribution in [3.8, 4) is 12.3 Å². The molecule has 0 atom stereocenters. The first-order valence-electron chi connectivity index (χ1n) is 6.28. The van der Waals surface area contributed by atoms with Gasteiger partial charge in [-0.3, -0.25) is 4.98 Å². The topological polar surface area (TPSA) is 33.6 Å². The predicted octanol–water partition coefficient (Wildman–Crippen LogP) is 3.61. The number of imidazole rings is 1. The third-order valence-electron chi connectivity index (χ3n) is 3.15. The van der Waals surface area contributed by atoms with Crippen molar-refractivity contribution >= 4 is 45.9 Å². The quantitative estimate of drug-likeness (QED) is 0.454. The number of H-pyrrole nitrogens is 1. The SMILES string of the molecule is C#CCSCCn1c(=S)[nH]c2cnc3ccccc3c21. The fourth-order valence-electron chi connectivity index (χ4n) is 2.29. The van der Waals surface area contributed by atoms with Gasteiger partial charge in [-0.2, -0.15) is 0 Å². The number of fused-ring (bicyclic) bond motifs is 3. The third-order valence-corrected chi connectivity index (χ3v) is 4.31. The summed E-state index contributed by atoms with van der Waals surface area (Å²) >= 11 is 7.17. The van der Waals surface area contributed by atoms with Crippen LogP contribution in [-0.4, -0.2) is 26.0 Å². The van der Waals surface area contributed by atoms with Crippen LogP contribution in [-0.2, 0) is 6.54 Å². The van der Waals surface area contributed by atoms with Gasteiger partial charge in [-0.15, -0.1) is 18.2 Å². The van der Waals surface area contributed by atoms with E-state index in [1.54, 1.807) is 11.8 Å². The van der Waals surface area contributed by atoms with Crippen molar-refractivity contribution in [2.45, 2.75) is 6.54 Å². The Morgan fingerprint density at radius 1 is 1.40 bits per heavy atom. The fourth-order valence-corrected chi connectivity index (χ4v) is 3.16. The molecule has 20 heavy (non-hydrogen) atoms. The maximum Gasteiger partial charge on any atom is 0.178 e. The lowest BCUT2D eigenvalue weighted by atomic mass is 10.2. The zero-order chi connectivity index (χ0) is 13.9. The lowest BCUT2D eigenvalue weighted by Crippen LogP contribution is -2.01. The van der Waals surface area contributed by atoms with Gasteiger partial charge in [-0.05, 0) is 18.3 Å². The number of aromatic nitrogens is 3. The molecular formula is C15H13N3S2. The molecule has 1 N–H and O–H groups in total. The first-order valence-corrected chi connectivity index (χ1v) is 7.85. The summed E-state index contributed by atoms with van der Waals surface area (Å²) in [6, 6.07) is 8.12. The second kappa shape index (κ2) is 5.70. The Labute approximate surface area is 126 Å². The van der Waals surface area contributed by atoms with Crippen LogP contribution in [0.4, 0.5) is 0 Å². The van der Waals surface area contributed by atoms with Gasteiger partial charge in [-0.25, -0.2) is 0 Å². The summed E-state index contributed by atoms with van der Waals surface area (Å²) in [7, 11) is 0. The van der Waals surface area contributed by atoms with Crippen LogP contribution in [0.5, 0.6) is 0 Å². The zero-order valence-corrected chi connectivity index (χ0v) is 12.4. The van der Waals surface area contributed by atoms with Gasteiger partial charge in [0.15, 0.2) is 4.77 Å². The minimum atomic E-state index is 0.734. The Hall–Kier alpha value is -1.77. The van der Waals surface area contributed by atoms with Gasteiger partial charge in [0.25, 0.3) is 0 Å². The van der Waals surface area contributed by atoms with E-state index in [-0.39, 0.29) is 0 Å². The van der Waals surface area contributed by atoms with E-state index in [1.165, 1.54) is 0 Å². The van der Waals surface area contributed by atoms with Crippen LogP contribution in [0.2, 0.25) is 0 Å². The summed E-state index contributed by atoms with van der Waals surface area (Å²) in [5.41, 5.74) is 3.09. The standard InChI is InChI=1S/C15H13N3S2/c1-2-8-20-9-7-18-14-11-5-3-4-6-12(11)16-10-13(14)17-15(18)19/h1,3-6,10H,7-9H2,(H,17,19). The summed E-state index contributed by atoms with van der Waals surface area (Å²) in [5.74, 6) is 4.32. The summed E-state index contributed by atoms with van der Waals surface area (Å²) in [4.78, 5) is 7.68. The Morgan fingerprint density at radius 3 is 3.10 bits per heavy atom. The molecule has 1 aromatic carbocycles. The Kier molecular flexibility index (Phi) is 3.77. The molecule has 0 amide bonds. The lowest BCUT2D eigenvalue weighted by Gasteiger charge is -2.06.